The first-order chi connectivity index (χ1) is 14.7. The Morgan fingerprint density at radius 2 is 0.867 bits per heavy atom. The van der Waals surface area contributed by atoms with E-state index in [0.29, 0.717) is 11.8 Å². The lowest BCUT2D eigenvalue weighted by Crippen LogP contribution is -2.08. The Kier molecular flexibility index (Phi) is 4.30. The van der Waals surface area contributed by atoms with Gasteiger partial charge in [-0.15, -0.1) is 0 Å². The fourth-order valence-corrected chi connectivity index (χ4v) is 6.61. The number of hydrogen-bond acceptors (Lipinski definition) is 2. The molecule has 4 aromatic carbocycles. The molecule has 0 bridgehead atoms. The molecule has 30 heavy (non-hydrogen) atoms. The number of anilines is 2. The van der Waals surface area contributed by atoms with E-state index in [1.54, 1.807) is 0 Å². The van der Waals surface area contributed by atoms with Crippen molar-refractivity contribution in [3.05, 3.63) is 47.5 Å². The molecule has 2 heteroatoms. The van der Waals surface area contributed by atoms with Gasteiger partial charge in [-0.25, -0.2) is 0 Å². The zero-order valence-corrected chi connectivity index (χ0v) is 17.8. The molecule has 0 unspecified atom stereocenters. The Morgan fingerprint density at radius 1 is 0.500 bits per heavy atom. The van der Waals surface area contributed by atoms with Crippen LogP contribution in [0.3, 0.4) is 0 Å². The summed E-state index contributed by atoms with van der Waals surface area (Å²) in [5.74, 6) is 1.28. The molecule has 0 spiro atoms. The van der Waals surface area contributed by atoms with E-state index in [9.17, 15) is 0 Å². The highest BCUT2D eigenvalue weighted by molar-refractivity contribution is 6.28. The molecule has 2 saturated carbocycles. The highest BCUT2D eigenvalue weighted by Crippen LogP contribution is 2.47. The Labute approximate surface area is 179 Å². The monoisotopic (exact) mass is 396 g/mol. The highest BCUT2D eigenvalue weighted by atomic mass is 14.6. The minimum Gasteiger partial charge on any atom is -0.398 e. The second kappa shape index (κ2) is 7.04. The molecular weight excluding hydrogens is 364 g/mol. The predicted octanol–water partition coefficient (Wildman–Crippen LogP) is 7.84. The van der Waals surface area contributed by atoms with E-state index >= 15 is 0 Å². The van der Waals surface area contributed by atoms with Crippen molar-refractivity contribution in [3.63, 3.8) is 0 Å². The average Bonchev–Trinajstić information content (AvgIpc) is 2.80. The van der Waals surface area contributed by atoms with Gasteiger partial charge in [-0.1, -0.05) is 62.8 Å². The average molecular weight is 397 g/mol. The van der Waals surface area contributed by atoms with Gasteiger partial charge in [0.1, 0.15) is 0 Å². The molecule has 6 rings (SSSR count). The van der Waals surface area contributed by atoms with Gasteiger partial charge < -0.3 is 11.5 Å². The second-order valence-electron chi connectivity index (χ2n) is 9.85. The lowest BCUT2D eigenvalue weighted by atomic mass is 9.78. The number of nitrogens with two attached hydrogens (primary N) is 2. The van der Waals surface area contributed by atoms with Crippen LogP contribution in [0.5, 0.6) is 0 Å². The molecule has 0 aromatic heterocycles. The van der Waals surface area contributed by atoms with Crippen molar-refractivity contribution in [1.82, 2.24) is 0 Å². The Bertz CT molecular complexity index is 1130. The van der Waals surface area contributed by atoms with Crippen molar-refractivity contribution in [2.24, 2.45) is 0 Å². The zero-order chi connectivity index (χ0) is 20.2. The van der Waals surface area contributed by atoms with Crippen molar-refractivity contribution < 1.29 is 0 Å². The maximum absolute atomic E-state index is 6.66. The van der Waals surface area contributed by atoms with Crippen molar-refractivity contribution in [1.29, 1.82) is 0 Å². The summed E-state index contributed by atoms with van der Waals surface area (Å²) in [4.78, 5) is 0. The number of benzene rings is 4. The molecule has 154 valence electrons. The third kappa shape index (κ3) is 2.69. The minimum absolute atomic E-state index is 0.640. The molecule has 0 aliphatic heterocycles. The molecule has 0 atom stereocenters. The quantitative estimate of drug-likeness (QED) is 0.268. The van der Waals surface area contributed by atoms with Crippen LogP contribution in [0.4, 0.5) is 11.4 Å². The van der Waals surface area contributed by atoms with Gasteiger partial charge in [0.2, 0.25) is 0 Å². The van der Waals surface area contributed by atoms with E-state index in [-0.39, 0.29) is 0 Å². The molecule has 2 aliphatic carbocycles. The van der Waals surface area contributed by atoms with E-state index in [0.717, 1.165) is 11.4 Å². The van der Waals surface area contributed by atoms with Crippen molar-refractivity contribution >= 4 is 43.7 Å². The van der Waals surface area contributed by atoms with Crippen molar-refractivity contribution in [3.8, 4) is 0 Å². The van der Waals surface area contributed by atoms with Crippen LogP contribution >= 0.6 is 0 Å². The van der Waals surface area contributed by atoms with Crippen LogP contribution in [0.1, 0.15) is 87.2 Å². The van der Waals surface area contributed by atoms with Gasteiger partial charge in [-0.2, -0.15) is 0 Å². The third-order valence-electron chi connectivity index (χ3n) is 8.12. The molecule has 0 saturated heterocycles. The number of rotatable bonds is 2. The summed E-state index contributed by atoms with van der Waals surface area (Å²) < 4.78 is 0. The summed E-state index contributed by atoms with van der Waals surface area (Å²) in [7, 11) is 0. The van der Waals surface area contributed by atoms with Gasteiger partial charge in [-0.05, 0) is 82.3 Å². The molecule has 0 heterocycles. The predicted molar refractivity (Wildman–Crippen MR) is 131 cm³/mol. The molecule has 4 aromatic rings. The summed E-state index contributed by atoms with van der Waals surface area (Å²) in [6.07, 6.45) is 13.3. The summed E-state index contributed by atoms with van der Waals surface area (Å²) in [5.41, 5.74) is 18.1. The van der Waals surface area contributed by atoms with Crippen molar-refractivity contribution in [2.45, 2.75) is 76.0 Å². The normalized spacial score (nSPS) is 19.3. The lowest BCUT2D eigenvalue weighted by Gasteiger charge is -2.27. The Hall–Kier alpha value is -2.48. The van der Waals surface area contributed by atoms with Crippen LogP contribution in [0.2, 0.25) is 0 Å². The van der Waals surface area contributed by atoms with Gasteiger partial charge >= 0.3 is 0 Å². The van der Waals surface area contributed by atoms with Crippen LogP contribution in [0.15, 0.2) is 36.4 Å². The van der Waals surface area contributed by atoms with Crippen molar-refractivity contribution in [2.75, 3.05) is 11.5 Å². The summed E-state index contributed by atoms with van der Waals surface area (Å²) in [5, 5.41) is 7.92. The number of nitrogen functional groups attached to an aromatic ring is 2. The molecule has 2 nitrogen and oxygen atoms in total. The van der Waals surface area contributed by atoms with Crippen LogP contribution < -0.4 is 11.5 Å². The summed E-state index contributed by atoms with van der Waals surface area (Å²) >= 11 is 0. The van der Waals surface area contributed by atoms with Crippen LogP contribution in [-0.2, 0) is 0 Å². The largest absolute Gasteiger partial charge is 0.398 e. The second-order valence-corrected chi connectivity index (χ2v) is 9.85. The Balaban J connectivity index is 1.68. The van der Waals surface area contributed by atoms with E-state index in [2.05, 4.69) is 36.4 Å². The van der Waals surface area contributed by atoms with Crippen LogP contribution in [0.25, 0.3) is 32.3 Å². The van der Waals surface area contributed by atoms with Gasteiger partial charge in [0.25, 0.3) is 0 Å². The van der Waals surface area contributed by atoms with E-state index in [1.165, 1.54) is 108 Å². The fourth-order valence-electron chi connectivity index (χ4n) is 6.61. The molecule has 0 amide bonds. The molecular formula is C28H32N2. The maximum atomic E-state index is 6.66. The minimum atomic E-state index is 0.640. The summed E-state index contributed by atoms with van der Waals surface area (Å²) in [6, 6.07) is 13.7. The molecule has 2 aliphatic rings. The topological polar surface area (TPSA) is 52.0 Å². The first-order valence-electron chi connectivity index (χ1n) is 12.0. The molecule has 0 radical (unpaired) electrons. The summed E-state index contributed by atoms with van der Waals surface area (Å²) in [6.45, 7) is 0. The smallest absolute Gasteiger partial charge is 0.0397 e. The SMILES string of the molecule is Nc1cc(C2CCCCC2)c2ccc3c(N)cc(C4CCCCC4)c4ccc1c2c34. The zero-order valence-electron chi connectivity index (χ0n) is 17.8. The van der Waals surface area contributed by atoms with Gasteiger partial charge in [0.05, 0.1) is 0 Å². The maximum Gasteiger partial charge on any atom is 0.0397 e. The standard InChI is InChI=1S/C28H32N2/c29-25-15-23(17-7-3-1-4-8-17)19-11-13-22-26(30)16-24(18-9-5-2-6-10-18)20-12-14-21(25)27(19)28(20)22/h11-18H,1-10,29-30H2. The highest BCUT2D eigenvalue weighted by Gasteiger charge is 2.24. The van der Waals surface area contributed by atoms with Gasteiger partial charge in [0.15, 0.2) is 0 Å². The Morgan fingerprint density at radius 3 is 1.27 bits per heavy atom. The number of hydrogen-bond donors (Lipinski definition) is 2. The van der Waals surface area contributed by atoms with E-state index in [4.69, 9.17) is 11.5 Å². The third-order valence-corrected chi connectivity index (χ3v) is 8.12. The fraction of sp³-hybridized carbons (Fsp3) is 0.429. The first-order valence-corrected chi connectivity index (χ1v) is 12.0. The van der Waals surface area contributed by atoms with Crippen LogP contribution in [-0.4, -0.2) is 0 Å². The van der Waals surface area contributed by atoms with Crippen LogP contribution in [0, 0.1) is 0 Å². The van der Waals surface area contributed by atoms with E-state index < -0.39 is 0 Å². The molecule has 4 N–H and O–H groups in total. The van der Waals surface area contributed by atoms with Gasteiger partial charge in [0, 0.05) is 22.1 Å². The first kappa shape index (κ1) is 18.3. The lowest BCUT2D eigenvalue weighted by molar-refractivity contribution is 0.445. The van der Waals surface area contributed by atoms with Gasteiger partial charge in [-0.3, -0.25) is 0 Å². The molecule has 2 fully saturated rings. The van der Waals surface area contributed by atoms with E-state index in [1.807, 2.05) is 0 Å².